The molecule has 1 saturated heterocycles. The van der Waals surface area contributed by atoms with Gasteiger partial charge in [0.2, 0.25) is 5.65 Å². The van der Waals surface area contributed by atoms with Crippen LogP contribution in [-0.2, 0) is 12.7 Å². The minimum Gasteiger partial charge on any atom is -0.348 e. The number of nitrogens with zero attached hydrogens (tertiary/aromatic N) is 7. The monoisotopic (exact) mass is 444 g/mol. The Balaban J connectivity index is 1.36. The van der Waals surface area contributed by atoms with Crippen LogP contribution in [0.15, 0.2) is 41.7 Å². The molecule has 166 valence electrons. The van der Waals surface area contributed by atoms with E-state index in [2.05, 4.69) is 41.9 Å². The SMILES string of the molecule is CC1CN(Cc2nc3cc(C(F)(F)F)ccc3c(=O)[nH]2)CCN1c1nccn2cnnc12. The number of hydrogen-bond donors (Lipinski definition) is 1. The molecule has 5 rings (SSSR count). The summed E-state index contributed by atoms with van der Waals surface area (Å²) in [4.78, 5) is 28.1. The minimum absolute atomic E-state index is 0.0351. The average molecular weight is 444 g/mol. The molecule has 0 spiro atoms. The summed E-state index contributed by atoms with van der Waals surface area (Å²) in [7, 11) is 0. The van der Waals surface area contributed by atoms with Crippen molar-refractivity contribution in [2.75, 3.05) is 24.5 Å². The van der Waals surface area contributed by atoms with Crippen molar-refractivity contribution in [1.82, 2.24) is 34.4 Å². The van der Waals surface area contributed by atoms with Gasteiger partial charge in [-0.15, -0.1) is 10.2 Å². The summed E-state index contributed by atoms with van der Waals surface area (Å²) in [5, 5.41) is 8.21. The fourth-order valence-corrected chi connectivity index (χ4v) is 4.09. The summed E-state index contributed by atoms with van der Waals surface area (Å²) in [6.45, 7) is 4.35. The number of alkyl halides is 3. The van der Waals surface area contributed by atoms with Gasteiger partial charge in [0.25, 0.3) is 5.56 Å². The molecular weight excluding hydrogens is 425 g/mol. The van der Waals surface area contributed by atoms with Crippen LogP contribution in [0.3, 0.4) is 0 Å². The molecule has 0 radical (unpaired) electrons. The average Bonchev–Trinajstić information content (AvgIpc) is 3.22. The Hall–Kier alpha value is -3.54. The van der Waals surface area contributed by atoms with Crippen molar-refractivity contribution < 1.29 is 13.2 Å². The summed E-state index contributed by atoms with van der Waals surface area (Å²) in [5.41, 5.74) is -0.568. The quantitative estimate of drug-likeness (QED) is 0.517. The van der Waals surface area contributed by atoms with E-state index in [0.717, 1.165) is 24.0 Å². The van der Waals surface area contributed by atoms with Gasteiger partial charge in [-0.05, 0) is 25.1 Å². The van der Waals surface area contributed by atoms with Gasteiger partial charge < -0.3 is 9.88 Å². The molecular formula is C20H19F3N8O. The first-order chi connectivity index (χ1) is 15.3. The Morgan fingerprint density at radius 2 is 2.09 bits per heavy atom. The first-order valence-corrected chi connectivity index (χ1v) is 10.0. The highest BCUT2D eigenvalue weighted by Crippen LogP contribution is 2.30. The first-order valence-electron chi connectivity index (χ1n) is 10.0. The normalized spacial score (nSPS) is 18.0. The number of benzene rings is 1. The molecule has 0 bridgehead atoms. The van der Waals surface area contributed by atoms with Gasteiger partial charge in [0.15, 0.2) is 5.82 Å². The van der Waals surface area contributed by atoms with E-state index in [9.17, 15) is 18.0 Å². The van der Waals surface area contributed by atoms with E-state index in [0.29, 0.717) is 37.7 Å². The largest absolute Gasteiger partial charge is 0.416 e. The number of H-pyrrole nitrogens is 1. The van der Waals surface area contributed by atoms with Crippen LogP contribution in [-0.4, -0.2) is 60.1 Å². The second kappa shape index (κ2) is 7.55. The summed E-state index contributed by atoms with van der Waals surface area (Å²) in [6, 6.07) is 3.05. The zero-order valence-corrected chi connectivity index (χ0v) is 17.0. The molecule has 4 aromatic rings. The van der Waals surface area contributed by atoms with Crippen LogP contribution in [0.5, 0.6) is 0 Å². The molecule has 0 saturated carbocycles. The maximum Gasteiger partial charge on any atom is 0.416 e. The number of hydrogen-bond acceptors (Lipinski definition) is 7. The van der Waals surface area contributed by atoms with Crippen molar-refractivity contribution >= 4 is 22.4 Å². The number of rotatable bonds is 3. The van der Waals surface area contributed by atoms with Crippen LogP contribution >= 0.6 is 0 Å². The van der Waals surface area contributed by atoms with Crippen LogP contribution < -0.4 is 10.5 Å². The molecule has 1 aliphatic heterocycles. The van der Waals surface area contributed by atoms with Crippen molar-refractivity contribution in [1.29, 1.82) is 0 Å². The molecule has 9 nitrogen and oxygen atoms in total. The number of anilines is 1. The van der Waals surface area contributed by atoms with Gasteiger partial charge in [-0.25, -0.2) is 9.97 Å². The lowest BCUT2D eigenvalue weighted by molar-refractivity contribution is -0.137. The second-order valence-corrected chi connectivity index (χ2v) is 7.83. The second-order valence-electron chi connectivity index (χ2n) is 7.83. The third-order valence-corrected chi connectivity index (χ3v) is 5.64. The third kappa shape index (κ3) is 3.66. The van der Waals surface area contributed by atoms with Gasteiger partial charge in [-0.3, -0.25) is 14.1 Å². The molecule has 1 aliphatic rings. The molecule has 1 fully saturated rings. The van der Waals surface area contributed by atoms with E-state index in [4.69, 9.17) is 0 Å². The minimum atomic E-state index is -4.49. The maximum absolute atomic E-state index is 13.0. The lowest BCUT2D eigenvalue weighted by atomic mass is 10.1. The molecule has 0 amide bonds. The van der Waals surface area contributed by atoms with Gasteiger partial charge in [-0.1, -0.05) is 0 Å². The lowest BCUT2D eigenvalue weighted by Gasteiger charge is -2.40. The summed E-state index contributed by atoms with van der Waals surface area (Å²) in [5.74, 6) is 1.08. The Bertz CT molecular complexity index is 1350. The van der Waals surface area contributed by atoms with Crippen molar-refractivity contribution in [3.8, 4) is 0 Å². The molecule has 4 heterocycles. The zero-order valence-electron chi connectivity index (χ0n) is 17.0. The Kier molecular flexibility index (Phi) is 4.81. The van der Waals surface area contributed by atoms with E-state index < -0.39 is 17.3 Å². The van der Waals surface area contributed by atoms with E-state index in [1.807, 2.05) is 0 Å². The van der Waals surface area contributed by atoms with Crippen molar-refractivity contribution in [3.05, 3.63) is 58.7 Å². The molecule has 1 N–H and O–H groups in total. The van der Waals surface area contributed by atoms with Crippen molar-refractivity contribution in [2.24, 2.45) is 0 Å². The first kappa shape index (κ1) is 20.4. The van der Waals surface area contributed by atoms with E-state index >= 15 is 0 Å². The highest BCUT2D eigenvalue weighted by Gasteiger charge is 2.31. The van der Waals surface area contributed by atoms with Gasteiger partial charge in [0.05, 0.1) is 23.0 Å². The Labute approximate surface area is 179 Å². The smallest absolute Gasteiger partial charge is 0.348 e. The number of fused-ring (bicyclic) bond motifs is 2. The zero-order chi connectivity index (χ0) is 22.5. The highest BCUT2D eigenvalue weighted by atomic mass is 19.4. The van der Waals surface area contributed by atoms with Crippen LogP contribution in [0.2, 0.25) is 0 Å². The van der Waals surface area contributed by atoms with Crippen LogP contribution in [0, 0.1) is 0 Å². The predicted molar refractivity (Wildman–Crippen MR) is 110 cm³/mol. The molecule has 3 aromatic heterocycles. The van der Waals surface area contributed by atoms with Gasteiger partial charge in [0.1, 0.15) is 12.2 Å². The maximum atomic E-state index is 13.0. The molecule has 1 atom stereocenters. The Morgan fingerprint density at radius 3 is 2.88 bits per heavy atom. The predicted octanol–water partition coefficient (Wildman–Crippen LogP) is 2.09. The standard InChI is InChI=1S/C20H19F3N8O/c1-12-9-29(6-7-31(12)17-18-28-25-11-30(18)5-4-24-17)10-16-26-15-8-13(20(21,22)23)2-3-14(15)19(32)27-16/h2-5,8,11-12H,6-7,9-10H2,1H3,(H,26,27,32). The fourth-order valence-electron chi connectivity index (χ4n) is 4.09. The van der Waals surface area contributed by atoms with Gasteiger partial charge in [-0.2, -0.15) is 13.2 Å². The fraction of sp³-hybridized carbons (Fsp3) is 0.350. The van der Waals surface area contributed by atoms with Gasteiger partial charge in [0, 0.05) is 38.1 Å². The van der Waals surface area contributed by atoms with Crippen LogP contribution in [0.25, 0.3) is 16.6 Å². The molecule has 32 heavy (non-hydrogen) atoms. The number of piperazine rings is 1. The van der Waals surface area contributed by atoms with Gasteiger partial charge >= 0.3 is 6.18 Å². The number of nitrogens with one attached hydrogen (secondary N) is 1. The van der Waals surface area contributed by atoms with E-state index in [1.54, 1.807) is 23.1 Å². The van der Waals surface area contributed by atoms with Crippen LogP contribution in [0.1, 0.15) is 18.3 Å². The molecule has 1 unspecified atom stereocenters. The van der Waals surface area contributed by atoms with Crippen molar-refractivity contribution in [3.63, 3.8) is 0 Å². The number of halogens is 3. The number of aromatic nitrogens is 6. The summed E-state index contributed by atoms with van der Waals surface area (Å²) < 4.78 is 40.9. The number of aromatic amines is 1. The van der Waals surface area contributed by atoms with E-state index in [1.165, 1.54) is 0 Å². The molecule has 12 heteroatoms. The third-order valence-electron chi connectivity index (χ3n) is 5.64. The van der Waals surface area contributed by atoms with Crippen molar-refractivity contribution in [2.45, 2.75) is 25.7 Å². The lowest BCUT2D eigenvalue weighted by Crippen LogP contribution is -2.52. The molecule has 1 aromatic carbocycles. The Morgan fingerprint density at radius 1 is 1.25 bits per heavy atom. The van der Waals surface area contributed by atoms with Crippen LogP contribution in [0.4, 0.5) is 19.0 Å². The molecule has 0 aliphatic carbocycles. The summed E-state index contributed by atoms with van der Waals surface area (Å²) in [6.07, 6.45) is 0.606. The summed E-state index contributed by atoms with van der Waals surface area (Å²) >= 11 is 0. The van der Waals surface area contributed by atoms with E-state index in [-0.39, 0.29) is 16.9 Å². The highest BCUT2D eigenvalue weighted by molar-refractivity contribution is 5.78. The topological polar surface area (TPSA) is 95.3 Å².